The molecule has 1 aromatic rings. The molecule has 0 saturated carbocycles. The molecule has 0 aromatic heterocycles. The van der Waals surface area contributed by atoms with E-state index in [1.807, 2.05) is 31.2 Å². The first-order chi connectivity index (χ1) is 6.22. The van der Waals surface area contributed by atoms with Crippen LogP contribution < -0.4 is 10.6 Å². The van der Waals surface area contributed by atoms with E-state index in [0.29, 0.717) is 6.54 Å². The predicted octanol–water partition coefficient (Wildman–Crippen LogP) is 1.15. The van der Waals surface area contributed by atoms with Crippen molar-refractivity contribution in [1.29, 1.82) is 0 Å². The molecule has 3 nitrogen and oxygen atoms in total. The average molecular weight is 178 g/mol. The number of anilines is 1. The Kier molecular flexibility index (Phi) is 3.46. The Morgan fingerprint density at radius 2 is 1.92 bits per heavy atom. The summed E-state index contributed by atoms with van der Waals surface area (Å²) in [6.45, 7) is 2.35. The molecule has 0 radical (unpaired) electrons. The topological polar surface area (TPSA) is 41.1 Å². The van der Waals surface area contributed by atoms with E-state index in [2.05, 4.69) is 10.6 Å². The largest absolute Gasteiger partial charge is 0.325 e. The molecule has 1 rings (SSSR count). The summed E-state index contributed by atoms with van der Waals surface area (Å²) in [5, 5.41) is 5.56. The van der Waals surface area contributed by atoms with Crippen LogP contribution in [0.2, 0.25) is 0 Å². The second kappa shape index (κ2) is 4.62. The van der Waals surface area contributed by atoms with Crippen molar-refractivity contribution in [3.05, 3.63) is 29.8 Å². The molecule has 0 heterocycles. The van der Waals surface area contributed by atoms with Crippen LogP contribution in [-0.2, 0) is 4.79 Å². The number of nitrogens with one attached hydrogen (secondary N) is 2. The molecule has 0 aliphatic rings. The van der Waals surface area contributed by atoms with Gasteiger partial charge in [-0.3, -0.25) is 4.79 Å². The summed E-state index contributed by atoms with van der Waals surface area (Å²) < 4.78 is 0. The highest BCUT2D eigenvalue weighted by Gasteiger charge is 1.98. The Balaban J connectivity index is 2.54. The molecule has 1 aromatic carbocycles. The lowest BCUT2D eigenvalue weighted by Gasteiger charge is -2.04. The summed E-state index contributed by atoms with van der Waals surface area (Å²) in [6, 6.07) is 7.72. The number of benzene rings is 1. The monoisotopic (exact) mass is 178 g/mol. The van der Waals surface area contributed by atoms with Gasteiger partial charge < -0.3 is 10.6 Å². The Hall–Kier alpha value is -1.35. The van der Waals surface area contributed by atoms with E-state index in [0.717, 1.165) is 5.69 Å². The van der Waals surface area contributed by atoms with E-state index in [9.17, 15) is 4.79 Å². The third-order valence-corrected chi connectivity index (χ3v) is 1.67. The lowest BCUT2D eigenvalue weighted by Crippen LogP contribution is -2.24. The molecule has 0 aliphatic carbocycles. The van der Waals surface area contributed by atoms with Crippen LogP contribution in [0.3, 0.4) is 0 Å². The second-order valence-electron chi connectivity index (χ2n) is 2.94. The fraction of sp³-hybridized carbons (Fsp3) is 0.300. The average Bonchev–Trinajstić information content (AvgIpc) is 2.09. The number of carbonyl (C=O) groups excluding carboxylic acids is 1. The maximum Gasteiger partial charge on any atom is 0.238 e. The number of aryl methyl sites for hydroxylation is 1. The molecule has 3 heteroatoms. The SMILES string of the molecule is CNCC(=O)Nc1ccc(C)cc1. The minimum Gasteiger partial charge on any atom is -0.325 e. The van der Waals surface area contributed by atoms with Crippen molar-refractivity contribution < 1.29 is 4.79 Å². The highest BCUT2D eigenvalue weighted by atomic mass is 16.1. The fourth-order valence-corrected chi connectivity index (χ4v) is 1.00. The van der Waals surface area contributed by atoms with E-state index in [1.54, 1.807) is 7.05 Å². The first-order valence-electron chi connectivity index (χ1n) is 4.23. The van der Waals surface area contributed by atoms with E-state index in [4.69, 9.17) is 0 Å². The first-order valence-corrected chi connectivity index (χ1v) is 4.23. The summed E-state index contributed by atoms with van der Waals surface area (Å²) in [6.07, 6.45) is 0. The lowest BCUT2D eigenvalue weighted by atomic mass is 10.2. The summed E-state index contributed by atoms with van der Waals surface area (Å²) in [4.78, 5) is 11.1. The van der Waals surface area contributed by atoms with Crippen LogP contribution in [0.1, 0.15) is 5.56 Å². The van der Waals surface area contributed by atoms with Gasteiger partial charge in [-0.15, -0.1) is 0 Å². The van der Waals surface area contributed by atoms with Crippen molar-refractivity contribution in [2.45, 2.75) is 6.92 Å². The van der Waals surface area contributed by atoms with Crippen LogP contribution in [0.15, 0.2) is 24.3 Å². The molecule has 2 N–H and O–H groups in total. The summed E-state index contributed by atoms with van der Waals surface area (Å²) in [5.74, 6) is -0.0219. The van der Waals surface area contributed by atoms with Crippen LogP contribution in [0, 0.1) is 6.92 Å². The number of likely N-dealkylation sites (N-methyl/N-ethyl adjacent to an activating group) is 1. The van der Waals surface area contributed by atoms with Crippen LogP contribution in [0.4, 0.5) is 5.69 Å². The van der Waals surface area contributed by atoms with Gasteiger partial charge in [0, 0.05) is 5.69 Å². The number of rotatable bonds is 3. The predicted molar refractivity (Wildman–Crippen MR) is 53.7 cm³/mol. The standard InChI is InChI=1S/C10H14N2O/c1-8-3-5-9(6-4-8)12-10(13)7-11-2/h3-6,11H,7H2,1-2H3,(H,12,13). The van der Waals surface area contributed by atoms with Gasteiger partial charge in [0.2, 0.25) is 5.91 Å². The van der Waals surface area contributed by atoms with Crippen molar-refractivity contribution >= 4 is 11.6 Å². The zero-order valence-corrected chi connectivity index (χ0v) is 7.92. The highest BCUT2D eigenvalue weighted by molar-refractivity contribution is 5.92. The summed E-state index contributed by atoms with van der Waals surface area (Å²) >= 11 is 0. The van der Waals surface area contributed by atoms with Crippen molar-refractivity contribution in [2.75, 3.05) is 18.9 Å². The van der Waals surface area contributed by atoms with E-state index >= 15 is 0 Å². The van der Waals surface area contributed by atoms with Gasteiger partial charge in [-0.2, -0.15) is 0 Å². The van der Waals surface area contributed by atoms with E-state index in [1.165, 1.54) is 5.56 Å². The molecule has 0 spiro atoms. The van der Waals surface area contributed by atoms with Gasteiger partial charge in [-0.05, 0) is 26.1 Å². The third-order valence-electron chi connectivity index (χ3n) is 1.67. The molecule has 0 fully saturated rings. The highest BCUT2D eigenvalue weighted by Crippen LogP contribution is 2.07. The van der Waals surface area contributed by atoms with Crippen molar-refractivity contribution in [3.8, 4) is 0 Å². The molecule has 0 saturated heterocycles. The maximum absolute atomic E-state index is 11.1. The quantitative estimate of drug-likeness (QED) is 0.729. The molecule has 0 aliphatic heterocycles. The number of amides is 1. The van der Waals surface area contributed by atoms with Gasteiger partial charge in [0.15, 0.2) is 0 Å². The van der Waals surface area contributed by atoms with Crippen molar-refractivity contribution in [2.24, 2.45) is 0 Å². The summed E-state index contributed by atoms with van der Waals surface area (Å²) in [5.41, 5.74) is 2.03. The van der Waals surface area contributed by atoms with E-state index < -0.39 is 0 Å². The lowest BCUT2D eigenvalue weighted by molar-refractivity contribution is -0.115. The van der Waals surface area contributed by atoms with Gasteiger partial charge in [-0.1, -0.05) is 17.7 Å². The van der Waals surface area contributed by atoms with Crippen LogP contribution >= 0.6 is 0 Å². The van der Waals surface area contributed by atoms with Gasteiger partial charge in [0.25, 0.3) is 0 Å². The minimum atomic E-state index is -0.0219. The second-order valence-corrected chi connectivity index (χ2v) is 2.94. The Morgan fingerprint density at radius 3 is 2.46 bits per heavy atom. The molecule has 0 bridgehead atoms. The molecular formula is C10H14N2O. The van der Waals surface area contributed by atoms with Gasteiger partial charge in [0.1, 0.15) is 0 Å². The maximum atomic E-state index is 11.1. The van der Waals surface area contributed by atoms with Crippen molar-refractivity contribution in [1.82, 2.24) is 5.32 Å². The normalized spacial score (nSPS) is 9.69. The van der Waals surface area contributed by atoms with Crippen molar-refractivity contribution in [3.63, 3.8) is 0 Å². The molecule has 0 atom stereocenters. The number of hydrogen-bond donors (Lipinski definition) is 2. The minimum absolute atomic E-state index is 0.0219. The Labute approximate surface area is 78.2 Å². The molecule has 0 unspecified atom stereocenters. The summed E-state index contributed by atoms with van der Waals surface area (Å²) in [7, 11) is 1.74. The number of carbonyl (C=O) groups is 1. The molecule has 1 amide bonds. The van der Waals surface area contributed by atoms with Gasteiger partial charge in [-0.25, -0.2) is 0 Å². The zero-order valence-electron chi connectivity index (χ0n) is 7.92. The van der Waals surface area contributed by atoms with Crippen LogP contribution in [0.5, 0.6) is 0 Å². The van der Waals surface area contributed by atoms with Crippen LogP contribution in [-0.4, -0.2) is 19.5 Å². The number of hydrogen-bond acceptors (Lipinski definition) is 2. The van der Waals surface area contributed by atoms with E-state index in [-0.39, 0.29) is 5.91 Å². The molecule has 13 heavy (non-hydrogen) atoms. The fourth-order valence-electron chi connectivity index (χ4n) is 1.00. The van der Waals surface area contributed by atoms with Crippen LogP contribution in [0.25, 0.3) is 0 Å². The smallest absolute Gasteiger partial charge is 0.238 e. The Bertz CT molecular complexity index is 279. The first kappa shape index (κ1) is 9.74. The molecule has 70 valence electrons. The Morgan fingerprint density at radius 1 is 1.31 bits per heavy atom. The third kappa shape index (κ3) is 3.25. The molecular weight excluding hydrogens is 164 g/mol. The van der Waals surface area contributed by atoms with Gasteiger partial charge >= 0.3 is 0 Å². The zero-order chi connectivity index (χ0) is 9.68. The van der Waals surface area contributed by atoms with Gasteiger partial charge in [0.05, 0.1) is 6.54 Å².